The Bertz CT molecular complexity index is 647. The van der Waals surface area contributed by atoms with Gasteiger partial charge in [0.05, 0.1) is 0 Å². The second kappa shape index (κ2) is 6.25. The van der Waals surface area contributed by atoms with Crippen LogP contribution in [0.2, 0.25) is 5.02 Å². The first-order valence-corrected chi connectivity index (χ1v) is 7.16. The van der Waals surface area contributed by atoms with E-state index in [0.717, 1.165) is 27.5 Å². The summed E-state index contributed by atoms with van der Waals surface area (Å²) in [6, 6.07) is 12.0. The van der Waals surface area contributed by atoms with E-state index in [2.05, 4.69) is 42.7 Å². The summed E-state index contributed by atoms with van der Waals surface area (Å²) in [4.78, 5) is 0. The maximum Gasteiger partial charge on any atom is 0.175 e. The summed E-state index contributed by atoms with van der Waals surface area (Å²) in [7, 11) is 0. The molecule has 2 aromatic rings. The molecule has 0 fully saturated rings. The van der Waals surface area contributed by atoms with Crippen LogP contribution in [0, 0.1) is 20.8 Å². The third kappa shape index (κ3) is 3.50. The van der Waals surface area contributed by atoms with Crippen LogP contribution in [-0.4, -0.2) is 5.11 Å². The Morgan fingerprint density at radius 3 is 2.45 bits per heavy atom. The fraction of sp³-hybridized carbons (Fsp3) is 0.188. The Balaban J connectivity index is 2.13. The number of benzene rings is 2. The van der Waals surface area contributed by atoms with Gasteiger partial charge in [0.1, 0.15) is 0 Å². The molecule has 0 spiro atoms. The number of halogens is 1. The fourth-order valence-corrected chi connectivity index (χ4v) is 2.28. The highest BCUT2D eigenvalue weighted by Crippen LogP contribution is 2.23. The van der Waals surface area contributed by atoms with E-state index in [-0.39, 0.29) is 0 Å². The lowest BCUT2D eigenvalue weighted by Crippen LogP contribution is -2.20. The van der Waals surface area contributed by atoms with Crippen molar-refractivity contribution >= 4 is 40.3 Å². The lowest BCUT2D eigenvalue weighted by atomic mass is 10.1. The van der Waals surface area contributed by atoms with E-state index in [1.54, 1.807) is 0 Å². The van der Waals surface area contributed by atoms with Crippen LogP contribution in [0.15, 0.2) is 36.4 Å². The first kappa shape index (κ1) is 14.8. The molecular formula is C16H17ClN2S. The number of anilines is 2. The zero-order valence-corrected chi connectivity index (χ0v) is 13.3. The predicted octanol–water partition coefficient (Wildman–Crippen LogP) is 5.07. The summed E-state index contributed by atoms with van der Waals surface area (Å²) in [6.07, 6.45) is 0. The van der Waals surface area contributed by atoms with Crippen molar-refractivity contribution in [2.45, 2.75) is 20.8 Å². The zero-order chi connectivity index (χ0) is 14.7. The van der Waals surface area contributed by atoms with Crippen molar-refractivity contribution < 1.29 is 0 Å². The Morgan fingerprint density at radius 2 is 1.70 bits per heavy atom. The van der Waals surface area contributed by atoms with Crippen molar-refractivity contribution in [3.63, 3.8) is 0 Å². The zero-order valence-electron chi connectivity index (χ0n) is 11.8. The van der Waals surface area contributed by atoms with Crippen LogP contribution in [0.25, 0.3) is 0 Å². The van der Waals surface area contributed by atoms with Gasteiger partial charge in [0.25, 0.3) is 0 Å². The van der Waals surface area contributed by atoms with Crippen LogP contribution >= 0.6 is 23.8 Å². The monoisotopic (exact) mass is 304 g/mol. The van der Waals surface area contributed by atoms with Gasteiger partial charge in [0.15, 0.2) is 5.11 Å². The minimum Gasteiger partial charge on any atom is -0.332 e. The topological polar surface area (TPSA) is 24.1 Å². The van der Waals surface area contributed by atoms with Crippen molar-refractivity contribution in [1.82, 2.24) is 0 Å². The smallest absolute Gasteiger partial charge is 0.175 e. The van der Waals surface area contributed by atoms with Gasteiger partial charge in [-0.2, -0.15) is 0 Å². The summed E-state index contributed by atoms with van der Waals surface area (Å²) in [6.45, 7) is 6.07. The van der Waals surface area contributed by atoms with Crippen LogP contribution in [0.5, 0.6) is 0 Å². The van der Waals surface area contributed by atoms with E-state index >= 15 is 0 Å². The summed E-state index contributed by atoms with van der Waals surface area (Å²) < 4.78 is 0. The van der Waals surface area contributed by atoms with Crippen molar-refractivity contribution in [3.05, 3.63) is 58.1 Å². The first-order valence-electron chi connectivity index (χ1n) is 6.38. The summed E-state index contributed by atoms with van der Waals surface area (Å²) in [5.74, 6) is 0. The fourth-order valence-electron chi connectivity index (χ4n) is 1.89. The van der Waals surface area contributed by atoms with Gasteiger partial charge in [-0.3, -0.25) is 0 Å². The number of nitrogens with one attached hydrogen (secondary N) is 2. The molecule has 0 aromatic heterocycles. The third-order valence-electron chi connectivity index (χ3n) is 3.16. The molecule has 4 heteroatoms. The minimum atomic E-state index is 0.559. The Labute approximate surface area is 130 Å². The molecule has 0 aliphatic carbocycles. The van der Waals surface area contributed by atoms with Gasteiger partial charge in [-0.15, -0.1) is 0 Å². The second-order valence-electron chi connectivity index (χ2n) is 4.81. The van der Waals surface area contributed by atoms with Crippen molar-refractivity contribution in [2.24, 2.45) is 0 Å². The van der Waals surface area contributed by atoms with Gasteiger partial charge in [0, 0.05) is 16.4 Å². The number of hydrogen-bond acceptors (Lipinski definition) is 1. The maximum absolute atomic E-state index is 6.10. The van der Waals surface area contributed by atoms with Crippen molar-refractivity contribution in [2.75, 3.05) is 10.6 Å². The highest BCUT2D eigenvalue weighted by atomic mass is 35.5. The Hall–Kier alpha value is -1.58. The average Bonchev–Trinajstić information content (AvgIpc) is 2.39. The lowest BCUT2D eigenvalue weighted by molar-refractivity contribution is 1.39. The molecule has 2 N–H and O–H groups in total. The maximum atomic E-state index is 6.10. The largest absolute Gasteiger partial charge is 0.332 e. The first-order chi connectivity index (χ1) is 9.47. The third-order valence-corrected chi connectivity index (χ3v) is 3.77. The van der Waals surface area contributed by atoms with E-state index < -0.39 is 0 Å². The molecule has 0 aliphatic rings. The molecule has 0 radical (unpaired) electrons. The van der Waals surface area contributed by atoms with Crippen LogP contribution in [-0.2, 0) is 0 Å². The molecule has 104 valence electrons. The molecule has 0 heterocycles. The lowest BCUT2D eigenvalue weighted by Gasteiger charge is -2.15. The van der Waals surface area contributed by atoms with Crippen LogP contribution < -0.4 is 10.6 Å². The molecule has 0 unspecified atom stereocenters. The quantitative estimate of drug-likeness (QED) is 0.757. The van der Waals surface area contributed by atoms with E-state index in [9.17, 15) is 0 Å². The normalized spacial score (nSPS) is 10.2. The molecule has 0 bridgehead atoms. The molecule has 0 saturated heterocycles. The SMILES string of the molecule is Cc1ccc(C)c(NC(=S)Nc2cccc(Cl)c2C)c1. The van der Waals surface area contributed by atoms with E-state index in [1.165, 1.54) is 5.56 Å². The summed E-state index contributed by atoms with van der Waals surface area (Å²) in [5, 5.41) is 7.69. The molecular weight excluding hydrogens is 288 g/mol. The molecule has 20 heavy (non-hydrogen) atoms. The van der Waals surface area contributed by atoms with E-state index in [4.69, 9.17) is 23.8 Å². The molecule has 0 aliphatic heterocycles. The molecule has 2 aromatic carbocycles. The van der Waals surface area contributed by atoms with Gasteiger partial charge in [-0.05, 0) is 67.9 Å². The molecule has 0 atom stereocenters. The van der Waals surface area contributed by atoms with Crippen LogP contribution in [0.1, 0.15) is 16.7 Å². The van der Waals surface area contributed by atoms with Gasteiger partial charge in [0.2, 0.25) is 0 Å². The predicted molar refractivity (Wildman–Crippen MR) is 91.9 cm³/mol. The number of rotatable bonds is 2. The van der Waals surface area contributed by atoms with Crippen molar-refractivity contribution in [3.8, 4) is 0 Å². The Morgan fingerprint density at radius 1 is 1.00 bits per heavy atom. The minimum absolute atomic E-state index is 0.559. The summed E-state index contributed by atoms with van der Waals surface area (Å²) in [5.41, 5.74) is 5.27. The van der Waals surface area contributed by atoms with Crippen LogP contribution in [0.4, 0.5) is 11.4 Å². The molecule has 2 rings (SSSR count). The average molecular weight is 305 g/mol. The van der Waals surface area contributed by atoms with Crippen molar-refractivity contribution in [1.29, 1.82) is 0 Å². The standard InChI is InChI=1S/C16H17ClN2S/c1-10-7-8-11(2)15(9-10)19-16(20)18-14-6-4-5-13(17)12(14)3/h4-9H,1-3H3,(H2,18,19,20). The van der Waals surface area contributed by atoms with E-state index in [1.807, 2.05) is 25.1 Å². The molecule has 2 nitrogen and oxygen atoms in total. The Kier molecular flexibility index (Phi) is 4.63. The number of aryl methyl sites for hydroxylation is 2. The highest BCUT2D eigenvalue weighted by molar-refractivity contribution is 7.80. The van der Waals surface area contributed by atoms with E-state index in [0.29, 0.717) is 5.11 Å². The van der Waals surface area contributed by atoms with Gasteiger partial charge >= 0.3 is 0 Å². The van der Waals surface area contributed by atoms with Gasteiger partial charge < -0.3 is 10.6 Å². The second-order valence-corrected chi connectivity index (χ2v) is 5.63. The number of hydrogen-bond donors (Lipinski definition) is 2. The van der Waals surface area contributed by atoms with Crippen LogP contribution in [0.3, 0.4) is 0 Å². The number of thiocarbonyl (C=S) groups is 1. The highest BCUT2D eigenvalue weighted by Gasteiger charge is 2.05. The molecule has 0 amide bonds. The van der Waals surface area contributed by atoms with Gasteiger partial charge in [-0.25, -0.2) is 0 Å². The summed E-state index contributed by atoms with van der Waals surface area (Å²) >= 11 is 11.5. The van der Waals surface area contributed by atoms with Gasteiger partial charge in [-0.1, -0.05) is 29.8 Å². The molecule has 0 saturated carbocycles.